The summed E-state index contributed by atoms with van der Waals surface area (Å²) >= 11 is 0. The summed E-state index contributed by atoms with van der Waals surface area (Å²) in [5.41, 5.74) is 0.769. The van der Waals surface area contributed by atoms with Crippen LogP contribution >= 0.6 is 0 Å². The highest BCUT2D eigenvalue weighted by Crippen LogP contribution is 2.23. The molecule has 1 aromatic rings. The standard InChI is InChI=1S/C15H17NO4/c1-2-10-8-14(18)16(9-10)13(15(19)20)7-11-3-5-12(17)6-4-11/h2-6,10,13,17H,1,7-9H2,(H,19,20)/t10?,13-/m0/s1. The number of carboxylic acid groups (broad SMARTS) is 1. The van der Waals surface area contributed by atoms with Crippen molar-refractivity contribution >= 4 is 11.9 Å². The lowest BCUT2D eigenvalue weighted by atomic mass is 10.0. The number of hydrogen-bond donors (Lipinski definition) is 2. The van der Waals surface area contributed by atoms with Crippen molar-refractivity contribution in [1.29, 1.82) is 0 Å². The third-order valence-electron chi connectivity index (χ3n) is 3.55. The van der Waals surface area contributed by atoms with Gasteiger partial charge in [0.05, 0.1) is 0 Å². The number of aromatic hydroxyl groups is 1. The van der Waals surface area contributed by atoms with Gasteiger partial charge in [0, 0.05) is 25.3 Å². The first kappa shape index (κ1) is 14.1. The minimum Gasteiger partial charge on any atom is -0.508 e. The second-order valence-corrected chi connectivity index (χ2v) is 4.97. The molecule has 1 unspecified atom stereocenters. The van der Waals surface area contributed by atoms with Gasteiger partial charge in [-0.15, -0.1) is 6.58 Å². The highest BCUT2D eigenvalue weighted by atomic mass is 16.4. The highest BCUT2D eigenvalue weighted by molar-refractivity contribution is 5.85. The van der Waals surface area contributed by atoms with Gasteiger partial charge in [-0.2, -0.15) is 0 Å². The number of carbonyl (C=O) groups excluding carboxylic acids is 1. The molecule has 0 saturated carbocycles. The zero-order chi connectivity index (χ0) is 14.7. The maximum Gasteiger partial charge on any atom is 0.326 e. The summed E-state index contributed by atoms with van der Waals surface area (Å²) in [5, 5.41) is 18.6. The Balaban J connectivity index is 2.15. The molecular weight excluding hydrogens is 258 g/mol. The fraction of sp³-hybridized carbons (Fsp3) is 0.333. The number of phenolic OH excluding ortho intramolecular Hbond substituents is 1. The number of benzene rings is 1. The van der Waals surface area contributed by atoms with Crippen LogP contribution < -0.4 is 0 Å². The molecule has 0 aliphatic carbocycles. The van der Waals surface area contributed by atoms with E-state index in [1.165, 1.54) is 17.0 Å². The Hall–Kier alpha value is -2.30. The van der Waals surface area contributed by atoms with Crippen LogP contribution in [0.5, 0.6) is 5.75 Å². The highest BCUT2D eigenvalue weighted by Gasteiger charge is 2.36. The third-order valence-corrected chi connectivity index (χ3v) is 3.55. The van der Waals surface area contributed by atoms with Gasteiger partial charge >= 0.3 is 5.97 Å². The quantitative estimate of drug-likeness (QED) is 0.797. The zero-order valence-corrected chi connectivity index (χ0v) is 11.0. The second kappa shape index (κ2) is 5.77. The number of likely N-dealkylation sites (tertiary alicyclic amines) is 1. The van der Waals surface area contributed by atoms with Crippen molar-refractivity contribution in [2.75, 3.05) is 6.54 Å². The molecule has 1 aromatic carbocycles. The molecule has 2 rings (SSSR count). The van der Waals surface area contributed by atoms with Crippen LogP contribution in [0.4, 0.5) is 0 Å². The van der Waals surface area contributed by atoms with Crippen LogP contribution in [0.1, 0.15) is 12.0 Å². The smallest absolute Gasteiger partial charge is 0.326 e. The van der Waals surface area contributed by atoms with Crippen molar-refractivity contribution in [3.05, 3.63) is 42.5 Å². The Kier molecular flexibility index (Phi) is 4.08. The topological polar surface area (TPSA) is 77.8 Å². The molecular formula is C15H17NO4. The van der Waals surface area contributed by atoms with Crippen LogP contribution in [-0.4, -0.2) is 39.6 Å². The third kappa shape index (κ3) is 2.99. The molecule has 0 bridgehead atoms. The van der Waals surface area contributed by atoms with Crippen molar-refractivity contribution in [3.8, 4) is 5.75 Å². The van der Waals surface area contributed by atoms with E-state index in [1.54, 1.807) is 18.2 Å². The first-order valence-corrected chi connectivity index (χ1v) is 6.44. The summed E-state index contributed by atoms with van der Waals surface area (Å²) in [6.07, 6.45) is 2.24. The predicted octanol–water partition coefficient (Wildman–Crippen LogP) is 1.42. The molecule has 106 valence electrons. The lowest BCUT2D eigenvalue weighted by Crippen LogP contribution is -2.43. The molecule has 1 amide bonds. The van der Waals surface area contributed by atoms with E-state index < -0.39 is 12.0 Å². The van der Waals surface area contributed by atoms with E-state index in [0.29, 0.717) is 13.0 Å². The number of rotatable bonds is 5. The monoisotopic (exact) mass is 275 g/mol. The molecule has 1 fully saturated rings. The van der Waals surface area contributed by atoms with Crippen molar-refractivity contribution in [1.82, 2.24) is 4.90 Å². The van der Waals surface area contributed by atoms with Crippen molar-refractivity contribution in [2.45, 2.75) is 18.9 Å². The average Bonchev–Trinajstić information content (AvgIpc) is 2.79. The summed E-state index contributed by atoms with van der Waals surface area (Å²) in [4.78, 5) is 24.7. The average molecular weight is 275 g/mol. The van der Waals surface area contributed by atoms with Crippen LogP contribution in [0.25, 0.3) is 0 Å². The van der Waals surface area contributed by atoms with E-state index in [2.05, 4.69) is 6.58 Å². The minimum atomic E-state index is -1.02. The Morgan fingerprint density at radius 3 is 2.60 bits per heavy atom. The molecule has 0 radical (unpaired) electrons. The first-order valence-electron chi connectivity index (χ1n) is 6.44. The summed E-state index contributed by atoms with van der Waals surface area (Å²) < 4.78 is 0. The summed E-state index contributed by atoms with van der Waals surface area (Å²) in [6, 6.07) is 5.46. The van der Waals surface area contributed by atoms with Gasteiger partial charge in [-0.3, -0.25) is 4.79 Å². The first-order chi connectivity index (χ1) is 9.51. The lowest BCUT2D eigenvalue weighted by molar-refractivity contribution is -0.148. The van der Waals surface area contributed by atoms with E-state index in [-0.39, 0.29) is 24.0 Å². The number of phenols is 1. The Bertz CT molecular complexity index is 523. The van der Waals surface area contributed by atoms with E-state index >= 15 is 0 Å². The minimum absolute atomic E-state index is 0.0177. The van der Waals surface area contributed by atoms with Crippen LogP contribution in [0.2, 0.25) is 0 Å². The van der Waals surface area contributed by atoms with Crippen LogP contribution in [0.15, 0.2) is 36.9 Å². The number of hydrogen-bond acceptors (Lipinski definition) is 3. The maximum absolute atomic E-state index is 11.9. The van der Waals surface area contributed by atoms with Gasteiger partial charge in [-0.05, 0) is 17.7 Å². The molecule has 0 aromatic heterocycles. The van der Waals surface area contributed by atoms with Gasteiger partial charge in [-0.25, -0.2) is 4.79 Å². The molecule has 0 spiro atoms. The largest absolute Gasteiger partial charge is 0.508 e. The molecule has 2 N–H and O–H groups in total. The molecule has 1 aliphatic rings. The predicted molar refractivity (Wildman–Crippen MR) is 73.3 cm³/mol. The fourth-order valence-electron chi connectivity index (χ4n) is 2.41. The summed E-state index contributed by atoms with van der Waals surface area (Å²) in [7, 11) is 0. The Morgan fingerprint density at radius 1 is 1.45 bits per heavy atom. The van der Waals surface area contributed by atoms with E-state index in [4.69, 9.17) is 0 Å². The molecule has 1 saturated heterocycles. The lowest BCUT2D eigenvalue weighted by Gasteiger charge is -2.24. The molecule has 1 aliphatic heterocycles. The normalized spacial score (nSPS) is 19.9. The van der Waals surface area contributed by atoms with Gasteiger partial charge in [0.15, 0.2) is 0 Å². The molecule has 5 nitrogen and oxygen atoms in total. The summed E-state index contributed by atoms with van der Waals surface area (Å²) in [5.74, 6) is -1.02. The fourth-order valence-corrected chi connectivity index (χ4v) is 2.41. The van der Waals surface area contributed by atoms with Crippen LogP contribution in [-0.2, 0) is 16.0 Å². The number of amides is 1. The molecule has 5 heteroatoms. The Labute approximate surface area is 117 Å². The van der Waals surface area contributed by atoms with Crippen molar-refractivity contribution in [2.24, 2.45) is 5.92 Å². The SMILES string of the molecule is C=CC1CC(=O)N([C@@H](Cc2ccc(O)cc2)C(=O)O)C1. The summed E-state index contributed by atoms with van der Waals surface area (Å²) in [6.45, 7) is 4.06. The maximum atomic E-state index is 11.9. The molecule has 1 heterocycles. The van der Waals surface area contributed by atoms with Crippen molar-refractivity contribution < 1.29 is 19.8 Å². The van der Waals surface area contributed by atoms with Crippen LogP contribution in [0, 0.1) is 5.92 Å². The van der Waals surface area contributed by atoms with Gasteiger partial charge in [-0.1, -0.05) is 18.2 Å². The van der Waals surface area contributed by atoms with Gasteiger partial charge < -0.3 is 15.1 Å². The van der Waals surface area contributed by atoms with Gasteiger partial charge in [0.2, 0.25) is 5.91 Å². The second-order valence-electron chi connectivity index (χ2n) is 4.97. The van der Waals surface area contributed by atoms with Crippen LogP contribution in [0.3, 0.4) is 0 Å². The zero-order valence-electron chi connectivity index (χ0n) is 11.0. The number of carbonyl (C=O) groups is 2. The van der Waals surface area contributed by atoms with E-state index in [0.717, 1.165) is 5.56 Å². The number of carboxylic acids is 1. The Morgan fingerprint density at radius 2 is 2.10 bits per heavy atom. The van der Waals surface area contributed by atoms with Crippen molar-refractivity contribution in [3.63, 3.8) is 0 Å². The molecule has 20 heavy (non-hydrogen) atoms. The van der Waals surface area contributed by atoms with Gasteiger partial charge in [0.1, 0.15) is 11.8 Å². The van der Waals surface area contributed by atoms with E-state index in [9.17, 15) is 19.8 Å². The number of aliphatic carboxylic acids is 1. The van der Waals surface area contributed by atoms with E-state index in [1.807, 2.05) is 0 Å². The molecule has 2 atom stereocenters. The van der Waals surface area contributed by atoms with Gasteiger partial charge in [0.25, 0.3) is 0 Å². The number of nitrogens with zero attached hydrogens (tertiary/aromatic N) is 1.